The maximum atomic E-state index is 11.7. The van der Waals surface area contributed by atoms with Crippen LogP contribution in [0, 0.1) is 0 Å². The van der Waals surface area contributed by atoms with Crippen LogP contribution in [-0.2, 0) is 4.79 Å². The summed E-state index contributed by atoms with van der Waals surface area (Å²) >= 11 is 0. The third-order valence-electron chi connectivity index (χ3n) is 2.53. The number of carbonyl (C=O) groups excluding carboxylic acids is 2. The number of likely N-dealkylation sites (N-methyl/N-ethyl adjacent to an activating group) is 1. The Balaban J connectivity index is 2.66. The fourth-order valence-electron chi connectivity index (χ4n) is 1.27. The number of hydrogen-bond acceptors (Lipinski definition) is 4. The van der Waals surface area contributed by atoms with Crippen molar-refractivity contribution in [2.45, 2.75) is 6.92 Å². The van der Waals surface area contributed by atoms with E-state index in [9.17, 15) is 19.8 Å². The van der Waals surface area contributed by atoms with Crippen molar-refractivity contribution in [3.8, 4) is 11.5 Å². The van der Waals surface area contributed by atoms with Gasteiger partial charge in [0.25, 0.3) is 5.91 Å². The van der Waals surface area contributed by atoms with Crippen molar-refractivity contribution >= 4 is 11.8 Å². The largest absolute Gasteiger partial charge is 0.508 e. The average molecular weight is 252 g/mol. The Hall–Kier alpha value is -2.24. The molecule has 0 aliphatic rings. The van der Waals surface area contributed by atoms with Crippen molar-refractivity contribution in [1.29, 1.82) is 0 Å². The molecule has 0 saturated carbocycles. The lowest BCUT2D eigenvalue weighted by Gasteiger charge is -2.14. The molecule has 2 amide bonds. The van der Waals surface area contributed by atoms with Crippen LogP contribution >= 0.6 is 0 Å². The Kier molecular flexibility index (Phi) is 4.53. The summed E-state index contributed by atoms with van der Waals surface area (Å²) in [6.07, 6.45) is 0. The third kappa shape index (κ3) is 3.38. The second-order valence-corrected chi connectivity index (χ2v) is 3.79. The molecule has 6 nitrogen and oxygen atoms in total. The Morgan fingerprint density at radius 2 is 2.00 bits per heavy atom. The molecule has 0 fully saturated rings. The van der Waals surface area contributed by atoms with Crippen molar-refractivity contribution in [1.82, 2.24) is 10.2 Å². The molecule has 0 aliphatic heterocycles. The zero-order chi connectivity index (χ0) is 13.7. The minimum absolute atomic E-state index is 0.0676. The number of benzene rings is 1. The molecular formula is C12H16N2O4. The molecule has 18 heavy (non-hydrogen) atoms. The van der Waals surface area contributed by atoms with Crippen LogP contribution in [0.15, 0.2) is 18.2 Å². The first-order chi connectivity index (χ1) is 8.45. The lowest BCUT2D eigenvalue weighted by molar-refractivity contribution is -0.128. The third-order valence-corrected chi connectivity index (χ3v) is 2.53. The highest BCUT2D eigenvalue weighted by molar-refractivity contribution is 5.99. The predicted molar refractivity (Wildman–Crippen MR) is 65.4 cm³/mol. The van der Waals surface area contributed by atoms with Gasteiger partial charge in [0.05, 0.1) is 12.1 Å². The zero-order valence-electron chi connectivity index (χ0n) is 10.3. The number of phenolic OH excluding ortho intramolecular Hbond substituents is 2. The predicted octanol–water partition coefficient (Wildman–Crippen LogP) is 0.306. The van der Waals surface area contributed by atoms with Crippen molar-refractivity contribution in [3.63, 3.8) is 0 Å². The van der Waals surface area contributed by atoms with Crippen molar-refractivity contribution in [2.75, 3.05) is 20.1 Å². The molecule has 1 aromatic rings. The number of nitrogens with one attached hydrogen (secondary N) is 1. The smallest absolute Gasteiger partial charge is 0.255 e. The fraction of sp³-hybridized carbons (Fsp3) is 0.333. The van der Waals surface area contributed by atoms with Gasteiger partial charge in [-0.15, -0.1) is 0 Å². The standard InChI is InChI=1S/C12H16N2O4/c1-3-14(2)11(17)7-13-12(18)9-6-8(15)4-5-10(9)16/h4-6,15-16H,3,7H2,1-2H3,(H,13,18). The number of rotatable bonds is 4. The van der Waals surface area contributed by atoms with Crippen LogP contribution in [0.2, 0.25) is 0 Å². The first kappa shape index (κ1) is 13.8. The van der Waals surface area contributed by atoms with E-state index in [0.717, 1.165) is 6.07 Å². The van der Waals surface area contributed by atoms with E-state index in [0.29, 0.717) is 6.54 Å². The topological polar surface area (TPSA) is 89.9 Å². The van der Waals surface area contributed by atoms with Crippen molar-refractivity contribution in [2.24, 2.45) is 0 Å². The molecule has 0 unspecified atom stereocenters. The summed E-state index contributed by atoms with van der Waals surface area (Å²) in [6, 6.07) is 3.62. The maximum absolute atomic E-state index is 11.7. The molecular weight excluding hydrogens is 236 g/mol. The van der Waals surface area contributed by atoms with Crippen LogP contribution in [0.3, 0.4) is 0 Å². The molecule has 3 N–H and O–H groups in total. The number of aromatic hydroxyl groups is 2. The zero-order valence-corrected chi connectivity index (χ0v) is 10.3. The molecule has 0 spiro atoms. The molecule has 98 valence electrons. The van der Waals surface area contributed by atoms with Gasteiger partial charge >= 0.3 is 0 Å². The normalized spacial score (nSPS) is 9.89. The van der Waals surface area contributed by atoms with E-state index < -0.39 is 5.91 Å². The van der Waals surface area contributed by atoms with Crippen LogP contribution in [0.1, 0.15) is 17.3 Å². The summed E-state index contributed by atoms with van der Waals surface area (Å²) in [5.41, 5.74) is -0.0676. The lowest BCUT2D eigenvalue weighted by Crippen LogP contribution is -2.38. The molecule has 1 rings (SSSR count). The van der Waals surface area contributed by atoms with Gasteiger partial charge in [-0.1, -0.05) is 0 Å². The van der Waals surface area contributed by atoms with E-state index in [1.54, 1.807) is 7.05 Å². The van der Waals surface area contributed by atoms with Crippen molar-refractivity contribution < 1.29 is 19.8 Å². The molecule has 6 heteroatoms. The summed E-state index contributed by atoms with van der Waals surface area (Å²) in [5.74, 6) is -1.22. The second-order valence-electron chi connectivity index (χ2n) is 3.79. The monoisotopic (exact) mass is 252 g/mol. The van der Waals surface area contributed by atoms with E-state index in [1.807, 2.05) is 6.92 Å². The highest BCUT2D eigenvalue weighted by atomic mass is 16.3. The van der Waals surface area contributed by atoms with E-state index in [4.69, 9.17) is 0 Å². The van der Waals surface area contributed by atoms with Crippen LogP contribution in [0.5, 0.6) is 11.5 Å². The number of amides is 2. The van der Waals surface area contributed by atoms with Gasteiger partial charge in [-0.05, 0) is 25.1 Å². The molecule has 0 radical (unpaired) electrons. The van der Waals surface area contributed by atoms with Gasteiger partial charge in [-0.2, -0.15) is 0 Å². The quantitative estimate of drug-likeness (QED) is 0.672. The first-order valence-electron chi connectivity index (χ1n) is 5.49. The minimum atomic E-state index is -0.610. The SMILES string of the molecule is CCN(C)C(=O)CNC(=O)c1cc(O)ccc1O. The molecule has 0 aliphatic carbocycles. The molecule has 0 atom stereocenters. The minimum Gasteiger partial charge on any atom is -0.508 e. The van der Waals surface area contributed by atoms with Crippen LogP contribution in [0.25, 0.3) is 0 Å². The number of phenols is 2. The van der Waals surface area contributed by atoms with Gasteiger partial charge in [0, 0.05) is 13.6 Å². The Morgan fingerprint density at radius 1 is 1.33 bits per heavy atom. The summed E-state index contributed by atoms with van der Waals surface area (Å²) in [5, 5.41) is 21.1. The lowest BCUT2D eigenvalue weighted by atomic mass is 10.2. The van der Waals surface area contributed by atoms with Gasteiger partial charge < -0.3 is 20.4 Å². The fourth-order valence-corrected chi connectivity index (χ4v) is 1.27. The summed E-state index contributed by atoms with van der Waals surface area (Å²) in [4.78, 5) is 24.6. The molecule has 0 aromatic heterocycles. The van der Waals surface area contributed by atoms with Gasteiger partial charge in [-0.25, -0.2) is 0 Å². The van der Waals surface area contributed by atoms with Crippen LogP contribution in [-0.4, -0.2) is 47.1 Å². The van der Waals surface area contributed by atoms with Gasteiger partial charge in [0.15, 0.2) is 0 Å². The van der Waals surface area contributed by atoms with E-state index in [2.05, 4.69) is 5.32 Å². The highest BCUT2D eigenvalue weighted by Gasteiger charge is 2.14. The molecule has 0 heterocycles. The summed E-state index contributed by atoms with van der Waals surface area (Å²) in [7, 11) is 1.63. The second kappa shape index (κ2) is 5.90. The maximum Gasteiger partial charge on any atom is 0.255 e. The Labute approximate surface area is 105 Å². The van der Waals surface area contributed by atoms with E-state index in [1.165, 1.54) is 17.0 Å². The summed E-state index contributed by atoms with van der Waals surface area (Å²) < 4.78 is 0. The number of nitrogens with zero attached hydrogens (tertiary/aromatic N) is 1. The Bertz CT molecular complexity index is 459. The summed E-state index contributed by atoms with van der Waals surface area (Å²) in [6.45, 7) is 2.21. The number of carbonyl (C=O) groups is 2. The average Bonchev–Trinajstić information content (AvgIpc) is 2.37. The molecule has 1 aromatic carbocycles. The van der Waals surface area contributed by atoms with E-state index >= 15 is 0 Å². The highest BCUT2D eigenvalue weighted by Crippen LogP contribution is 2.21. The van der Waals surface area contributed by atoms with Crippen LogP contribution in [0.4, 0.5) is 0 Å². The molecule has 0 saturated heterocycles. The number of hydrogen-bond donors (Lipinski definition) is 3. The Morgan fingerprint density at radius 3 is 2.61 bits per heavy atom. The van der Waals surface area contributed by atoms with Crippen LogP contribution < -0.4 is 5.32 Å². The molecule has 0 bridgehead atoms. The van der Waals surface area contributed by atoms with Crippen molar-refractivity contribution in [3.05, 3.63) is 23.8 Å². The van der Waals surface area contributed by atoms with Gasteiger partial charge in [0.1, 0.15) is 11.5 Å². The first-order valence-corrected chi connectivity index (χ1v) is 5.49. The van der Waals surface area contributed by atoms with Gasteiger partial charge in [-0.3, -0.25) is 9.59 Å². The van der Waals surface area contributed by atoms with Gasteiger partial charge in [0.2, 0.25) is 5.91 Å². The van der Waals surface area contributed by atoms with E-state index in [-0.39, 0.29) is 29.5 Å².